The number of hydrogen-bond acceptors (Lipinski definition) is 4. The molecule has 2 aliphatic heterocycles. The van der Waals surface area contributed by atoms with Gasteiger partial charge in [-0.2, -0.15) is 0 Å². The Morgan fingerprint density at radius 3 is 2.76 bits per heavy atom. The molecule has 4 rings (SSSR count). The molecular formula is C22H21ClFN3OS. The molecule has 0 spiro atoms. The number of aryl methyl sites for hydroxylation is 1. The molecule has 2 fully saturated rings. The fourth-order valence-corrected chi connectivity index (χ4v) is 4.48. The second-order valence-corrected chi connectivity index (χ2v) is 8.66. The van der Waals surface area contributed by atoms with Gasteiger partial charge in [0, 0.05) is 18.1 Å². The molecule has 0 aliphatic carbocycles. The summed E-state index contributed by atoms with van der Waals surface area (Å²) in [6, 6.07) is 8.85. The molecule has 2 aromatic carbocycles. The lowest BCUT2D eigenvalue weighted by Gasteiger charge is -2.19. The molecule has 0 unspecified atom stereocenters. The third-order valence-corrected chi connectivity index (χ3v) is 6.50. The van der Waals surface area contributed by atoms with Crippen LogP contribution in [0.2, 0.25) is 5.02 Å². The van der Waals surface area contributed by atoms with E-state index in [1.807, 2.05) is 32.0 Å². The van der Waals surface area contributed by atoms with E-state index in [0.29, 0.717) is 32.0 Å². The summed E-state index contributed by atoms with van der Waals surface area (Å²) in [4.78, 5) is 19.5. The Bertz CT molecular complexity index is 1040. The first-order valence-electron chi connectivity index (χ1n) is 9.52. The number of amidine groups is 1. The highest BCUT2D eigenvalue weighted by atomic mass is 35.5. The number of benzene rings is 2. The van der Waals surface area contributed by atoms with Crippen LogP contribution in [0, 0.1) is 19.7 Å². The van der Waals surface area contributed by atoms with Gasteiger partial charge < -0.3 is 10.2 Å². The van der Waals surface area contributed by atoms with Crippen molar-refractivity contribution >= 4 is 51.9 Å². The van der Waals surface area contributed by atoms with Crippen molar-refractivity contribution < 1.29 is 9.18 Å². The highest BCUT2D eigenvalue weighted by molar-refractivity contribution is 8.18. The predicted molar refractivity (Wildman–Crippen MR) is 120 cm³/mol. The molecule has 2 saturated heterocycles. The van der Waals surface area contributed by atoms with Crippen molar-refractivity contribution in [3.8, 4) is 0 Å². The van der Waals surface area contributed by atoms with Crippen LogP contribution in [0.25, 0.3) is 6.08 Å². The topological polar surface area (TPSA) is 44.7 Å². The van der Waals surface area contributed by atoms with E-state index in [2.05, 4.69) is 15.2 Å². The van der Waals surface area contributed by atoms with Gasteiger partial charge in [0.05, 0.1) is 16.3 Å². The summed E-state index contributed by atoms with van der Waals surface area (Å²) in [5, 5.41) is 3.88. The molecule has 0 aromatic heterocycles. The molecule has 150 valence electrons. The summed E-state index contributed by atoms with van der Waals surface area (Å²) in [6.45, 7) is 5.59. The number of anilines is 1. The lowest BCUT2D eigenvalue weighted by atomic mass is 10.1. The standard InChI is InChI=1S/C22H21ClFN3OS/c1-13-10-19(27-8-3-4-9-27)17(24)11-15(13)12-20-21(28)26-22(29-20)25-18-7-5-6-16(23)14(18)2/h5-7,10-12H,3-4,8-9H2,1-2H3,(H,25,26,28). The first-order chi connectivity index (χ1) is 13.9. The molecule has 2 heterocycles. The minimum Gasteiger partial charge on any atom is -0.369 e. The molecule has 0 atom stereocenters. The number of thioether (sulfide) groups is 1. The monoisotopic (exact) mass is 429 g/mol. The molecule has 29 heavy (non-hydrogen) atoms. The van der Waals surface area contributed by atoms with Crippen molar-refractivity contribution in [2.24, 2.45) is 4.99 Å². The zero-order valence-electron chi connectivity index (χ0n) is 16.3. The maximum absolute atomic E-state index is 14.7. The number of amides is 1. The Morgan fingerprint density at radius 2 is 2.00 bits per heavy atom. The Balaban J connectivity index is 1.60. The lowest BCUT2D eigenvalue weighted by Crippen LogP contribution is -2.19. The Hall–Kier alpha value is -2.31. The van der Waals surface area contributed by atoms with Crippen LogP contribution < -0.4 is 10.2 Å². The van der Waals surface area contributed by atoms with Gasteiger partial charge in [-0.3, -0.25) is 4.79 Å². The Morgan fingerprint density at radius 1 is 1.24 bits per heavy atom. The van der Waals surface area contributed by atoms with E-state index >= 15 is 0 Å². The van der Waals surface area contributed by atoms with Gasteiger partial charge in [-0.05, 0) is 85.5 Å². The van der Waals surface area contributed by atoms with Crippen molar-refractivity contribution in [1.82, 2.24) is 5.32 Å². The largest absolute Gasteiger partial charge is 0.369 e. The predicted octanol–water partition coefficient (Wildman–Crippen LogP) is 5.59. The third-order valence-electron chi connectivity index (χ3n) is 5.18. The van der Waals surface area contributed by atoms with Gasteiger partial charge in [0.2, 0.25) is 0 Å². The van der Waals surface area contributed by atoms with Crippen LogP contribution in [0.3, 0.4) is 0 Å². The lowest BCUT2D eigenvalue weighted by molar-refractivity contribution is -0.115. The molecule has 0 bridgehead atoms. The molecule has 1 amide bonds. The Labute approximate surface area is 178 Å². The maximum Gasteiger partial charge on any atom is 0.264 e. The number of hydrogen-bond donors (Lipinski definition) is 1. The first-order valence-corrected chi connectivity index (χ1v) is 10.7. The second kappa shape index (κ2) is 8.20. The highest BCUT2D eigenvalue weighted by Crippen LogP contribution is 2.33. The van der Waals surface area contributed by atoms with Crippen LogP contribution in [0.15, 0.2) is 40.2 Å². The number of halogens is 2. The first kappa shape index (κ1) is 20.0. The van der Waals surface area contributed by atoms with Gasteiger partial charge in [-0.15, -0.1) is 0 Å². The fraction of sp³-hybridized carbons (Fsp3) is 0.273. The molecular weight excluding hydrogens is 409 g/mol. The van der Waals surface area contributed by atoms with Crippen molar-refractivity contribution in [2.45, 2.75) is 26.7 Å². The summed E-state index contributed by atoms with van der Waals surface area (Å²) < 4.78 is 14.7. The van der Waals surface area contributed by atoms with Gasteiger partial charge in [0.15, 0.2) is 5.17 Å². The van der Waals surface area contributed by atoms with E-state index in [0.717, 1.165) is 37.1 Å². The molecule has 4 nitrogen and oxygen atoms in total. The molecule has 7 heteroatoms. The average Bonchev–Trinajstić information content (AvgIpc) is 3.32. The van der Waals surface area contributed by atoms with Crippen molar-refractivity contribution in [1.29, 1.82) is 0 Å². The minimum absolute atomic E-state index is 0.239. The third kappa shape index (κ3) is 4.19. The maximum atomic E-state index is 14.7. The summed E-state index contributed by atoms with van der Waals surface area (Å²) in [6.07, 6.45) is 3.91. The number of carbonyl (C=O) groups excluding carboxylic acids is 1. The number of rotatable bonds is 3. The van der Waals surface area contributed by atoms with Gasteiger partial charge in [-0.25, -0.2) is 9.38 Å². The molecule has 1 N–H and O–H groups in total. The molecule has 0 saturated carbocycles. The number of carbonyl (C=O) groups is 1. The zero-order valence-corrected chi connectivity index (χ0v) is 17.8. The SMILES string of the molecule is Cc1cc(N2CCCC2)c(F)cc1C=C1SC(=Nc2cccc(Cl)c2C)NC1=O. The van der Waals surface area contributed by atoms with Crippen LogP contribution in [0.4, 0.5) is 15.8 Å². The quantitative estimate of drug-likeness (QED) is 0.647. The molecule has 2 aromatic rings. The smallest absolute Gasteiger partial charge is 0.264 e. The van der Waals surface area contributed by atoms with Crippen molar-refractivity contribution in [3.63, 3.8) is 0 Å². The minimum atomic E-state index is -0.254. The van der Waals surface area contributed by atoms with E-state index in [1.165, 1.54) is 17.8 Å². The van der Waals surface area contributed by atoms with Crippen LogP contribution in [-0.2, 0) is 4.79 Å². The summed E-state index contributed by atoms with van der Waals surface area (Å²) in [7, 11) is 0. The summed E-state index contributed by atoms with van der Waals surface area (Å²) >= 11 is 7.38. The molecule has 2 aliphatic rings. The van der Waals surface area contributed by atoms with E-state index in [9.17, 15) is 9.18 Å². The normalized spacial score (nSPS) is 19.4. The van der Waals surface area contributed by atoms with Crippen molar-refractivity contribution in [3.05, 3.63) is 62.8 Å². The zero-order chi connectivity index (χ0) is 20.5. The number of aliphatic imine (C=N–C) groups is 1. The van der Waals surface area contributed by atoms with Crippen LogP contribution >= 0.6 is 23.4 Å². The van der Waals surface area contributed by atoms with Gasteiger partial charge in [-0.1, -0.05) is 17.7 Å². The average molecular weight is 430 g/mol. The Kier molecular flexibility index (Phi) is 5.65. The van der Waals surface area contributed by atoms with Gasteiger partial charge in [0.25, 0.3) is 5.91 Å². The van der Waals surface area contributed by atoms with Gasteiger partial charge >= 0.3 is 0 Å². The number of nitrogens with zero attached hydrogens (tertiary/aromatic N) is 2. The van der Waals surface area contributed by atoms with Crippen molar-refractivity contribution in [2.75, 3.05) is 18.0 Å². The molecule has 0 radical (unpaired) electrons. The van der Waals surface area contributed by atoms with E-state index in [1.54, 1.807) is 12.1 Å². The number of nitrogens with one attached hydrogen (secondary N) is 1. The second-order valence-electron chi connectivity index (χ2n) is 7.22. The van der Waals surface area contributed by atoms with E-state index < -0.39 is 0 Å². The summed E-state index contributed by atoms with van der Waals surface area (Å²) in [5.74, 6) is -0.493. The highest BCUT2D eigenvalue weighted by Gasteiger charge is 2.25. The summed E-state index contributed by atoms with van der Waals surface area (Å²) in [5.41, 5.74) is 3.83. The van der Waals surface area contributed by atoms with Gasteiger partial charge in [0.1, 0.15) is 5.82 Å². The van der Waals surface area contributed by atoms with Crippen LogP contribution in [-0.4, -0.2) is 24.2 Å². The fourth-order valence-electron chi connectivity index (χ4n) is 3.49. The van der Waals surface area contributed by atoms with Crippen LogP contribution in [0.5, 0.6) is 0 Å². The van der Waals surface area contributed by atoms with E-state index in [-0.39, 0.29) is 11.7 Å². The van der Waals surface area contributed by atoms with Crippen LogP contribution in [0.1, 0.15) is 29.5 Å². The van der Waals surface area contributed by atoms with E-state index in [4.69, 9.17) is 11.6 Å².